The van der Waals surface area contributed by atoms with Crippen LogP contribution < -0.4 is 0 Å². The lowest BCUT2D eigenvalue weighted by molar-refractivity contribution is -0.245. The van der Waals surface area contributed by atoms with Gasteiger partial charge in [0.1, 0.15) is 5.04 Å². The van der Waals surface area contributed by atoms with Crippen molar-refractivity contribution < 1.29 is 18.3 Å². The largest absolute Gasteiger partial charge is 0.439 e. The Kier molecular flexibility index (Phi) is 4.46. The Balaban J connectivity index is 2.38. The Hall–Kier alpha value is -0.600. The van der Waals surface area contributed by atoms with Crippen LogP contribution in [0.1, 0.15) is 24.6 Å². The Morgan fingerprint density at radius 1 is 1.50 bits per heavy atom. The van der Waals surface area contributed by atoms with Gasteiger partial charge in [0, 0.05) is 21.9 Å². The molecule has 0 amide bonds. The predicted octanol–water partition coefficient (Wildman–Crippen LogP) is 3.54. The maximum atomic E-state index is 12.7. The number of aromatic nitrogens is 1. The summed E-state index contributed by atoms with van der Waals surface area (Å²) in [5.74, 6) is -0.524. The first-order valence-corrected chi connectivity index (χ1v) is 7.71. The summed E-state index contributed by atoms with van der Waals surface area (Å²) in [6.45, 7) is 1.99. The van der Waals surface area contributed by atoms with E-state index in [1.165, 1.54) is 0 Å². The highest BCUT2D eigenvalue weighted by molar-refractivity contribution is 9.10. The number of nitrogens with zero attached hydrogens (tertiary/aromatic N) is 2. The minimum absolute atomic E-state index is 0.177. The lowest BCUT2D eigenvalue weighted by Gasteiger charge is -2.21. The van der Waals surface area contributed by atoms with Crippen molar-refractivity contribution in [1.82, 2.24) is 4.98 Å². The second-order valence-corrected chi connectivity index (χ2v) is 6.24. The third-order valence-electron chi connectivity index (χ3n) is 2.80. The van der Waals surface area contributed by atoms with Gasteiger partial charge in [0.25, 0.3) is 5.72 Å². The van der Waals surface area contributed by atoms with Gasteiger partial charge in [-0.2, -0.15) is 13.2 Å². The van der Waals surface area contributed by atoms with E-state index < -0.39 is 17.7 Å². The van der Waals surface area contributed by atoms with Crippen molar-refractivity contribution in [3.8, 4) is 0 Å². The molecule has 0 aromatic carbocycles. The molecule has 0 bridgehead atoms. The van der Waals surface area contributed by atoms with E-state index in [1.54, 1.807) is 12.3 Å². The highest BCUT2D eigenvalue weighted by Crippen LogP contribution is 2.41. The van der Waals surface area contributed by atoms with Crippen LogP contribution in [0.3, 0.4) is 0 Å². The summed E-state index contributed by atoms with van der Waals surface area (Å²) in [5.41, 5.74) is -1.68. The van der Waals surface area contributed by atoms with Crippen LogP contribution in [-0.4, -0.2) is 32.8 Å². The number of aryl methyl sites for hydroxylation is 1. The fraction of sp³-hybridized carbons (Fsp3) is 0.500. The summed E-state index contributed by atoms with van der Waals surface area (Å²) in [6.07, 6.45) is -1.59. The van der Waals surface area contributed by atoms with Gasteiger partial charge >= 0.3 is 6.18 Å². The molecule has 0 saturated carbocycles. The number of alkyl halides is 3. The van der Waals surface area contributed by atoms with E-state index >= 15 is 0 Å². The molecule has 0 spiro atoms. The molecule has 1 aromatic rings. The smallest absolute Gasteiger partial charge is 0.361 e. The average molecular weight is 369 g/mol. The number of halogens is 4. The van der Waals surface area contributed by atoms with Crippen LogP contribution in [0, 0.1) is 0 Å². The zero-order valence-electron chi connectivity index (χ0n) is 10.5. The van der Waals surface area contributed by atoms with Gasteiger partial charge in [0.2, 0.25) is 0 Å². The number of pyridine rings is 1. The van der Waals surface area contributed by atoms with Crippen LogP contribution in [0.25, 0.3) is 0 Å². The van der Waals surface area contributed by atoms with Crippen LogP contribution in [-0.2, 0) is 6.42 Å². The number of thioether (sulfide) groups is 1. The summed E-state index contributed by atoms with van der Waals surface area (Å²) in [5, 5.41) is 9.74. The number of aliphatic imine (C=N–C) groups is 1. The van der Waals surface area contributed by atoms with Crippen molar-refractivity contribution in [2.24, 2.45) is 4.99 Å². The van der Waals surface area contributed by atoms with Crippen LogP contribution in [0.15, 0.2) is 21.7 Å². The molecule has 1 unspecified atom stereocenters. The molecule has 0 radical (unpaired) electrons. The minimum Gasteiger partial charge on any atom is -0.361 e. The molecule has 1 aliphatic heterocycles. The van der Waals surface area contributed by atoms with Gasteiger partial charge in [-0.15, -0.1) is 11.8 Å². The summed E-state index contributed by atoms with van der Waals surface area (Å²) in [7, 11) is 0. The molecule has 2 rings (SSSR count). The topological polar surface area (TPSA) is 45.5 Å². The van der Waals surface area contributed by atoms with Crippen molar-refractivity contribution in [2.45, 2.75) is 31.7 Å². The van der Waals surface area contributed by atoms with E-state index in [0.29, 0.717) is 10.0 Å². The van der Waals surface area contributed by atoms with Crippen LogP contribution >= 0.6 is 27.7 Å². The van der Waals surface area contributed by atoms with Crippen molar-refractivity contribution in [3.05, 3.63) is 28.0 Å². The number of rotatable bonds is 3. The van der Waals surface area contributed by atoms with Crippen molar-refractivity contribution >= 4 is 32.7 Å². The van der Waals surface area contributed by atoms with Crippen molar-refractivity contribution in [3.63, 3.8) is 0 Å². The Labute approximate surface area is 126 Å². The molecular formula is C12H12BrF3N2OS. The Bertz CT molecular complexity index is 550. The first-order valence-electron chi connectivity index (χ1n) is 5.93. The quantitative estimate of drug-likeness (QED) is 0.887. The van der Waals surface area contributed by atoms with E-state index in [1.807, 2.05) is 6.92 Å². The highest BCUT2D eigenvalue weighted by Gasteiger charge is 2.57. The van der Waals surface area contributed by atoms with E-state index in [9.17, 15) is 18.3 Å². The number of aliphatic hydroxyl groups is 1. The second kappa shape index (κ2) is 5.65. The Morgan fingerprint density at radius 3 is 2.75 bits per heavy atom. The van der Waals surface area contributed by atoms with Gasteiger partial charge in [0.15, 0.2) is 0 Å². The van der Waals surface area contributed by atoms with E-state index in [4.69, 9.17) is 0 Å². The van der Waals surface area contributed by atoms with E-state index in [-0.39, 0.29) is 5.04 Å². The van der Waals surface area contributed by atoms with Gasteiger partial charge in [0.05, 0.1) is 5.75 Å². The summed E-state index contributed by atoms with van der Waals surface area (Å²) >= 11 is 4.15. The first kappa shape index (κ1) is 15.8. The molecule has 1 aromatic heterocycles. The minimum atomic E-state index is -4.77. The molecule has 1 atom stereocenters. The molecule has 1 aliphatic rings. The van der Waals surface area contributed by atoms with Crippen LogP contribution in [0.5, 0.6) is 0 Å². The lowest BCUT2D eigenvalue weighted by Crippen LogP contribution is -2.43. The second-order valence-electron chi connectivity index (χ2n) is 4.43. The maximum Gasteiger partial charge on any atom is 0.439 e. The summed E-state index contributed by atoms with van der Waals surface area (Å²) < 4.78 is 38.8. The fourth-order valence-corrected chi connectivity index (χ4v) is 3.37. The molecular weight excluding hydrogens is 357 g/mol. The number of hydrogen-bond acceptors (Lipinski definition) is 4. The third kappa shape index (κ3) is 3.01. The van der Waals surface area contributed by atoms with Crippen LogP contribution in [0.2, 0.25) is 0 Å². The third-order valence-corrected chi connectivity index (χ3v) is 4.56. The van der Waals surface area contributed by atoms with Gasteiger partial charge in [-0.1, -0.05) is 13.3 Å². The predicted molar refractivity (Wildman–Crippen MR) is 75.9 cm³/mol. The molecule has 110 valence electrons. The normalized spacial score (nSPS) is 23.0. The molecule has 3 nitrogen and oxygen atoms in total. The summed E-state index contributed by atoms with van der Waals surface area (Å²) in [4.78, 5) is 7.67. The van der Waals surface area contributed by atoms with Crippen molar-refractivity contribution in [2.75, 3.05) is 5.75 Å². The van der Waals surface area contributed by atoms with Gasteiger partial charge < -0.3 is 5.11 Å². The van der Waals surface area contributed by atoms with Gasteiger partial charge in [-0.05, 0) is 28.4 Å². The molecule has 0 aliphatic carbocycles. The van der Waals surface area contributed by atoms with Gasteiger partial charge in [-0.3, -0.25) is 4.98 Å². The molecule has 0 saturated heterocycles. The molecule has 2 heterocycles. The maximum absolute atomic E-state index is 12.7. The summed E-state index contributed by atoms with van der Waals surface area (Å²) in [6, 6.07) is 1.71. The van der Waals surface area contributed by atoms with Crippen LogP contribution in [0.4, 0.5) is 13.2 Å². The van der Waals surface area contributed by atoms with Gasteiger partial charge in [-0.25, -0.2) is 4.99 Å². The first-order chi connectivity index (χ1) is 9.27. The molecule has 20 heavy (non-hydrogen) atoms. The lowest BCUT2D eigenvalue weighted by atomic mass is 10.2. The Morgan fingerprint density at radius 2 is 2.20 bits per heavy atom. The molecule has 1 N–H and O–H groups in total. The number of hydrogen-bond donors (Lipinski definition) is 1. The highest BCUT2D eigenvalue weighted by atomic mass is 79.9. The zero-order valence-corrected chi connectivity index (χ0v) is 12.9. The van der Waals surface area contributed by atoms with E-state index in [0.717, 1.165) is 30.3 Å². The average Bonchev–Trinajstić information content (AvgIpc) is 2.75. The monoisotopic (exact) mass is 368 g/mol. The fourth-order valence-electron chi connectivity index (χ4n) is 1.72. The van der Waals surface area contributed by atoms with Crippen molar-refractivity contribution in [1.29, 1.82) is 0 Å². The zero-order chi connectivity index (χ0) is 15.0. The standard InChI is InChI=1S/C12H12BrF3N2OS/c1-2-3-7-4-8(9(13)5-17-7)10-18-11(19,6-20-10)12(14,15)16/h4-5,19H,2-3,6H2,1H3. The SMILES string of the molecule is CCCc1cc(C2=NC(O)(C(F)(F)F)CS2)c(Br)cn1. The van der Waals surface area contributed by atoms with E-state index in [2.05, 4.69) is 25.9 Å². The molecule has 0 fully saturated rings. The molecule has 8 heteroatoms.